The molecule has 1 aliphatic carbocycles. The third-order valence-electron chi connectivity index (χ3n) is 8.12. The minimum atomic E-state index is -4.56. The average molecular weight is 603 g/mol. The molecule has 3 atom stereocenters. The summed E-state index contributed by atoms with van der Waals surface area (Å²) in [4.78, 5) is 31.9. The summed E-state index contributed by atoms with van der Waals surface area (Å²) < 4.78 is 47.7. The van der Waals surface area contributed by atoms with Crippen molar-refractivity contribution in [3.8, 4) is 0 Å². The van der Waals surface area contributed by atoms with E-state index in [1.165, 1.54) is 4.52 Å². The monoisotopic (exact) mass is 602 g/mol. The van der Waals surface area contributed by atoms with Crippen LogP contribution >= 0.6 is 11.6 Å². The molecule has 222 valence electrons. The van der Waals surface area contributed by atoms with E-state index in [2.05, 4.69) is 28.7 Å². The maximum absolute atomic E-state index is 13.8. The SMILES string of the molecule is CCc1c(/C=C2/CN[C@H](C)C2)c(=O)n2nc(C3=CC4COCC4C3)nc2n1CC(=O)Nc1ccc(C(F)(F)F)cc1Cl. The smallest absolute Gasteiger partial charge is 0.381 e. The molecule has 2 unspecified atom stereocenters. The normalized spacial score (nSPS) is 23.1. The molecule has 0 saturated carbocycles. The lowest BCUT2D eigenvalue weighted by Gasteiger charge is -2.17. The van der Waals surface area contributed by atoms with Crippen molar-refractivity contribution < 1.29 is 22.7 Å². The van der Waals surface area contributed by atoms with Gasteiger partial charge >= 0.3 is 6.18 Å². The van der Waals surface area contributed by atoms with Gasteiger partial charge in [0.1, 0.15) is 6.54 Å². The second-order valence-corrected chi connectivity index (χ2v) is 11.5. The lowest BCUT2D eigenvalue weighted by atomic mass is 10.00. The zero-order chi connectivity index (χ0) is 29.8. The summed E-state index contributed by atoms with van der Waals surface area (Å²) in [6, 6.07) is 3.03. The number of hydrogen-bond donors (Lipinski definition) is 2. The van der Waals surface area contributed by atoms with E-state index >= 15 is 0 Å². The van der Waals surface area contributed by atoms with Crippen LogP contribution in [0.5, 0.6) is 0 Å². The minimum Gasteiger partial charge on any atom is -0.381 e. The van der Waals surface area contributed by atoms with Crippen LogP contribution in [-0.2, 0) is 28.7 Å². The third kappa shape index (κ3) is 5.38. The van der Waals surface area contributed by atoms with Crippen LogP contribution in [-0.4, -0.2) is 50.9 Å². The van der Waals surface area contributed by atoms with Crippen molar-refractivity contribution in [1.82, 2.24) is 24.5 Å². The fraction of sp³-hybridized carbons (Fsp3) is 0.448. The lowest BCUT2D eigenvalue weighted by Crippen LogP contribution is -2.29. The van der Waals surface area contributed by atoms with Crippen LogP contribution in [0.25, 0.3) is 17.4 Å². The van der Waals surface area contributed by atoms with Gasteiger partial charge in [-0.15, -0.1) is 5.10 Å². The van der Waals surface area contributed by atoms with Crippen LogP contribution in [0.1, 0.15) is 49.3 Å². The minimum absolute atomic E-state index is 0.0464. The van der Waals surface area contributed by atoms with E-state index in [9.17, 15) is 22.8 Å². The molecular weight excluding hydrogens is 573 g/mol. The van der Waals surface area contributed by atoms with Gasteiger partial charge in [-0.1, -0.05) is 30.2 Å². The first-order valence-electron chi connectivity index (χ1n) is 13.9. The Morgan fingerprint density at radius 1 is 1.29 bits per heavy atom. The van der Waals surface area contributed by atoms with Crippen molar-refractivity contribution in [2.24, 2.45) is 11.8 Å². The molecule has 3 aliphatic rings. The van der Waals surface area contributed by atoms with E-state index in [1.807, 2.05) is 13.0 Å². The van der Waals surface area contributed by atoms with Crippen molar-refractivity contribution in [2.75, 3.05) is 25.1 Å². The predicted octanol–water partition coefficient (Wildman–Crippen LogP) is 4.58. The number of amides is 1. The van der Waals surface area contributed by atoms with Gasteiger partial charge in [-0.25, -0.2) is 0 Å². The highest BCUT2D eigenvalue weighted by molar-refractivity contribution is 6.33. The van der Waals surface area contributed by atoms with E-state index in [1.54, 1.807) is 4.57 Å². The quantitative estimate of drug-likeness (QED) is 0.428. The number of carbonyl (C=O) groups is 1. The zero-order valence-electron chi connectivity index (χ0n) is 23.1. The van der Waals surface area contributed by atoms with Crippen molar-refractivity contribution in [1.29, 1.82) is 0 Å². The summed E-state index contributed by atoms with van der Waals surface area (Å²) in [5.74, 6) is 0.753. The summed E-state index contributed by atoms with van der Waals surface area (Å²) in [5.41, 5.74) is 1.85. The van der Waals surface area contributed by atoms with E-state index in [0.29, 0.717) is 49.2 Å². The zero-order valence-corrected chi connectivity index (χ0v) is 23.8. The molecule has 2 aromatic heterocycles. The molecule has 2 saturated heterocycles. The second-order valence-electron chi connectivity index (χ2n) is 11.1. The van der Waals surface area contributed by atoms with Crippen LogP contribution < -0.4 is 16.2 Å². The van der Waals surface area contributed by atoms with Crippen LogP contribution in [0.3, 0.4) is 0 Å². The number of nitrogens with one attached hydrogen (secondary N) is 2. The molecule has 42 heavy (non-hydrogen) atoms. The van der Waals surface area contributed by atoms with E-state index in [4.69, 9.17) is 21.3 Å². The van der Waals surface area contributed by atoms with Gasteiger partial charge in [-0.2, -0.15) is 22.7 Å². The molecule has 9 nitrogen and oxygen atoms in total. The Labute approximate surface area is 244 Å². The Morgan fingerprint density at radius 2 is 2.10 bits per heavy atom. The second kappa shape index (κ2) is 11.0. The van der Waals surface area contributed by atoms with E-state index in [0.717, 1.165) is 42.2 Å². The fourth-order valence-electron chi connectivity index (χ4n) is 6.01. The number of alkyl halides is 3. The summed E-state index contributed by atoms with van der Waals surface area (Å²) in [7, 11) is 0. The van der Waals surface area contributed by atoms with Gasteiger partial charge in [0.2, 0.25) is 11.7 Å². The number of fused-ring (bicyclic) bond motifs is 2. The van der Waals surface area contributed by atoms with Crippen molar-refractivity contribution in [2.45, 2.75) is 51.9 Å². The Morgan fingerprint density at radius 3 is 2.76 bits per heavy atom. The molecule has 1 aromatic carbocycles. The van der Waals surface area contributed by atoms with Gasteiger partial charge in [0, 0.05) is 24.2 Å². The number of aromatic nitrogens is 4. The maximum atomic E-state index is 13.8. The number of anilines is 1. The van der Waals surface area contributed by atoms with Crippen LogP contribution in [0.15, 0.2) is 34.6 Å². The largest absolute Gasteiger partial charge is 0.416 e. The Bertz CT molecular complexity index is 1690. The molecule has 2 N–H and O–H groups in total. The van der Waals surface area contributed by atoms with Crippen molar-refractivity contribution in [3.05, 3.63) is 67.9 Å². The predicted molar refractivity (Wildman–Crippen MR) is 152 cm³/mol. The number of benzene rings is 1. The van der Waals surface area contributed by atoms with Gasteiger partial charge < -0.3 is 19.9 Å². The van der Waals surface area contributed by atoms with Gasteiger partial charge in [-0.05, 0) is 62.0 Å². The number of nitrogens with zero attached hydrogens (tertiary/aromatic N) is 4. The Balaban J connectivity index is 1.41. The molecule has 0 bridgehead atoms. The summed E-state index contributed by atoms with van der Waals surface area (Å²) in [6.45, 7) is 5.66. The molecule has 0 radical (unpaired) electrons. The average Bonchev–Trinajstić information content (AvgIpc) is 3.71. The molecular formula is C29H30ClF3N6O3. The number of carbonyl (C=O) groups excluding carboxylic acids is 1. The highest BCUT2D eigenvalue weighted by Gasteiger charge is 2.35. The Kier molecular flexibility index (Phi) is 7.48. The number of ether oxygens (including phenoxy) is 1. The molecule has 1 amide bonds. The standard InChI is InChI=1S/C29H30ClF3N6O3/c1-3-24-21(7-16-6-15(2)34-11-16)27(41)39-28(36-26(37-39)17-8-18-13-42-14-19(18)9-17)38(24)12-25(40)35-23-5-4-20(10-22(23)30)29(31,32)33/h4-5,7-8,10,15,18-19,34H,3,6,9,11-14H2,1-2H3,(H,35,40)/b16-7+/t15-,18?,19?/m1/s1. The van der Waals surface area contributed by atoms with Gasteiger partial charge in [0.15, 0.2) is 5.82 Å². The number of allylic oxidation sites excluding steroid dienone is 1. The summed E-state index contributed by atoms with van der Waals surface area (Å²) in [5, 5.41) is 10.3. The van der Waals surface area contributed by atoms with Crippen LogP contribution in [0, 0.1) is 11.8 Å². The number of hydrogen-bond acceptors (Lipinski definition) is 6. The lowest BCUT2D eigenvalue weighted by molar-refractivity contribution is -0.137. The van der Waals surface area contributed by atoms with Crippen molar-refractivity contribution in [3.63, 3.8) is 0 Å². The van der Waals surface area contributed by atoms with Crippen LogP contribution in [0.2, 0.25) is 5.02 Å². The molecule has 6 rings (SSSR count). The molecule has 3 aromatic rings. The van der Waals surface area contributed by atoms with E-state index < -0.39 is 17.6 Å². The van der Waals surface area contributed by atoms with Gasteiger partial charge in [0.05, 0.1) is 35.1 Å². The van der Waals surface area contributed by atoms with Crippen LogP contribution in [0.4, 0.5) is 18.9 Å². The first-order valence-corrected chi connectivity index (χ1v) is 14.3. The number of rotatable bonds is 6. The Hall–Kier alpha value is -3.48. The highest BCUT2D eigenvalue weighted by Crippen LogP contribution is 2.39. The molecule has 0 spiro atoms. The molecule has 2 fully saturated rings. The third-order valence-corrected chi connectivity index (χ3v) is 8.44. The number of halogens is 4. The molecule has 13 heteroatoms. The van der Waals surface area contributed by atoms with Crippen molar-refractivity contribution >= 4 is 40.6 Å². The fourth-order valence-corrected chi connectivity index (χ4v) is 6.24. The highest BCUT2D eigenvalue weighted by atomic mass is 35.5. The van der Waals surface area contributed by atoms with Gasteiger partial charge in [0.25, 0.3) is 5.56 Å². The first kappa shape index (κ1) is 28.6. The van der Waals surface area contributed by atoms with E-state index in [-0.39, 0.29) is 40.6 Å². The summed E-state index contributed by atoms with van der Waals surface area (Å²) >= 11 is 6.09. The first-order chi connectivity index (χ1) is 20.0. The molecule has 2 aliphatic heterocycles. The topological polar surface area (TPSA) is 103 Å². The van der Waals surface area contributed by atoms with Gasteiger partial charge in [-0.3, -0.25) is 9.59 Å². The molecule has 4 heterocycles. The maximum Gasteiger partial charge on any atom is 0.416 e. The summed E-state index contributed by atoms with van der Waals surface area (Å²) in [6.07, 6.45) is 1.37.